The minimum absolute atomic E-state index is 0.110. The van der Waals surface area contributed by atoms with Crippen molar-refractivity contribution in [2.24, 2.45) is 0 Å². The number of likely N-dealkylation sites (N-methyl/N-ethyl adjacent to an activating group) is 1. The summed E-state index contributed by atoms with van der Waals surface area (Å²) in [5, 5.41) is 0. The molecule has 0 aliphatic carbocycles. The zero-order valence-corrected chi connectivity index (χ0v) is 9.32. The first kappa shape index (κ1) is 11.5. The molecule has 0 aromatic heterocycles. The van der Waals surface area contributed by atoms with Crippen LogP contribution < -0.4 is 0 Å². The van der Waals surface area contributed by atoms with Crippen molar-refractivity contribution in [2.75, 3.05) is 40.4 Å². The predicted molar refractivity (Wildman–Crippen MR) is 55.2 cm³/mol. The summed E-state index contributed by atoms with van der Waals surface area (Å²) < 4.78 is 4.85. The van der Waals surface area contributed by atoms with Crippen molar-refractivity contribution >= 4 is 5.91 Å². The fourth-order valence-corrected chi connectivity index (χ4v) is 1.83. The summed E-state index contributed by atoms with van der Waals surface area (Å²) in [5.74, 6) is 0.110. The van der Waals surface area contributed by atoms with Gasteiger partial charge in [0.25, 0.3) is 0 Å². The van der Waals surface area contributed by atoms with Crippen LogP contribution in [-0.4, -0.2) is 62.1 Å². The molecule has 1 saturated heterocycles. The molecule has 1 aliphatic heterocycles. The minimum atomic E-state index is 0.110. The van der Waals surface area contributed by atoms with E-state index in [1.54, 1.807) is 7.11 Å². The number of amides is 1. The van der Waals surface area contributed by atoms with E-state index in [9.17, 15) is 4.79 Å². The monoisotopic (exact) mass is 200 g/mol. The molecule has 1 aliphatic rings. The van der Waals surface area contributed by atoms with Crippen LogP contribution in [0, 0.1) is 0 Å². The molecule has 0 aromatic rings. The summed E-state index contributed by atoms with van der Waals surface area (Å²) in [4.78, 5) is 15.8. The van der Waals surface area contributed by atoms with Gasteiger partial charge in [-0.25, -0.2) is 0 Å². The molecule has 4 nitrogen and oxygen atoms in total. The Morgan fingerprint density at radius 2 is 2.21 bits per heavy atom. The minimum Gasteiger partial charge on any atom is -0.375 e. The van der Waals surface area contributed by atoms with Gasteiger partial charge in [0, 0.05) is 32.8 Å². The second-order valence-corrected chi connectivity index (χ2v) is 3.82. The van der Waals surface area contributed by atoms with Crippen molar-refractivity contribution in [3.63, 3.8) is 0 Å². The van der Waals surface area contributed by atoms with Crippen LogP contribution in [0.2, 0.25) is 0 Å². The lowest BCUT2D eigenvalue weighted by molar-refractivity contribution is -0.137. The molecule has 1 rings (SSSR count). The Bertz CT molecular complexity index is 197. The van der Waals surface area contributed by atoms with Gasteiger partial charge in [-0.05, 0) is 13.5 Å². The van der Waals surface area contributed by atoms with Gasteiger partial charge in [-0.2, -0.15) is 0 Å². The average Bonchev–Trinajstić information content (AvgIpc) is 2.19. The largest absolute Gasteiger partial charge is 0.375 e. The van der Waals surface area contributed by atoms with Crippen molar-refractivity contribution in [3.8, 4) is 0 Å². The van der Waals surface area contributed by atoms with E-state index >= 15 is 0 Å². The summed E-state index contributed by atoms with van der Waals surface area (Å²) in [6.45, 7) is 5.00. The Morgan fingerprint density at radius 1 is 1.50 bits per heavy atom. The van der Waals surface area contributed by atoms with Gasteiger partial charge in [0.1, 0.15) is 6.61 Å². The number of nitrogens with zero attached hydrogens (tertiary/aromatic N) is 2. The average molecular weight is 200 g/mol. The number of carbonyl (C=O) groups is 1. The maximum Gasteiger partial charge on any atom is 0.248 e. The quantitative estimate of drug-likeness (QED) is 0.652. The molecular formula is C10H20N2O2. The molecule has 0 bridgehead atoms. The van der Waals surface area contributed by atoms with Crippen molar-refractivity contribution in [2.45, 2.75) is 19.4 Å². The molecule has 0 N–H and O–H groups in total. The van der Waals surface area contributed by atoms with Gasteiger partial charge in [-0.3, -0.25) is 9.69 Å². The lowest BCUT2D eigenvalue weighted by atomic mass is 10.1. The molecule has 0 aromatic carbocycles. The Balaban J connectivity index is 2.45. The van der Waals surface area contributed by atoms with E-state index in [1.807, 2.05) is 4.90 Å². The Kier molecular flexibility index (Phi) is 4.35. The molecule has 14 heavy (non-hydrogen) atoms. The first-order chi connectivity index (χ1) is 6.69. The van der Waals surface area contributed by atoms with E-state index in [-0.39, 0.29) is 12.5 Å². The molecule has 1 atom stereocenters. The lowest BCUT2D eigenvalue weighted by Gasteiger charge is -2.39. The summed E-state index contributed by atoms with van der Waals surface area (Å²) >= 11 is 0. The van der Waals surface area contributed by atoms with Crippen LogP contribution in [0.1, 0.15) is 13.3 Å². The van der Waals surface area contributed by atoms with Crippen LogP contribution in [0.25, 0.3) is 0 Å². The van der Waals surface area contributed by atoms with E-state index < -0.39 is 0 Å². The molecule has 1 amide bonds. The third kappa shape index (κ3) is 2.69. The zero-order valence-electron chi connectivity index (χ0n) is 9.32. The maximum absolute atomic E-state index is 11.5. The molecule has 1 unspecified atom stereocenters. The van der Waals surface area contributed by atoms with Gasteiger partial charge >= 0.3 is 0 Å². The maximum atomic E-state index is 11.5. The fourth-order valence-electron chi connectivity index (χ4n) is 1.83. The number of piperazine rings is 1. The number of ether oxygens (including phenoxy) is 1. The molecule has 0 radical (unpaired) electrons. The first-order valence-corrected chi connectivity index (χ1v) is 5.16. The second-order valence-electron chi connectivity index (χ2n) is 3.82. The highest BCUT2D eigenvalue weighted by atomic mass is 16.5. The lowest BCUT2D eigenvalue weighted by Crippen LogP contribution is -2.53. The summed E-state index contributed by atoms with van der Waals surface area (Å²) in [5.41, 5.74) is 0. The van der Waals surface area contributed by atoms with E-state index in [1.165, 1.54) is 0 Å². The molecule has 82 valence electrons. The van der Waals surface area contributed by atoms with Gasteiger partial charge < -0.3 is 9.64 Å². The number of carbonyl (C=O) groups excluding carboxylic acids is 1. The zero-order chi connectivity index (χ0) is 10.6. The molecule has 1 heterocycles. The van der Waals surface area contributed by atoms with Crippen LogP contribution in [0.15, 0.2) is 0 Å². The number of rotatable bonds is 3. The van der Waals surface area contributed by atoms with E-state index in [0.717, 1.165) is 26.1 Å². The summed E-state index contributed by atoms with van der Waals surface area (Å²) in [6, 6.07) is 0.504. The Morgan fingerprint density at radius 3 is 2.79 bits per heavy atom. The van der Waals surface area contributed by atoms with E-state index in [0.29, 0.717) is 6.04 Å². The van der Waals surface area contributed by atoms with Gasteiger partial charge in [0.2, 0.25) is 5.91 Å². The number of hydrogen-bond donors (Lipinski definition) is 0. The van der Waals surface area contributed by atoms with Crippen molar-refractivity contribution in [1.82, 2.24) is 9.80 Å². The Hall–Kier alpha value is -0.610. The number of methoxy groups -OCH3 is 1. The summed E-state index contributed by atoms with van der Waals surface area (Å²) in [7, 11) is 3.68. The summed E-state index contributed by atoms with van der Waals surface area (Å²) in [6.07, 6.45) is 1.09. The van der Waals surface area contributed by atoms with E-state index in [4.69, 9.17) is 4.74 Å². The normalized spacial score (nSPS) is 23.9. The van der Waals surface area contributed by atoms with Crippen molar-refractivity contribution in [3.05, 3.63) is 0 Å². The molecule has 0 saturated carbocycles. The van der Waals surface area contributed by atoms with Gasteiger partial charge in [-0.15, -0.1) is 0 Å². The third-order valence-electron chi connectivity index (χ3n) is 2.87. The van der Waals surface area contributed by atoms with Crippen LogP contribution in [0.5, 0.6) is 0 Å². The van der Waals surface area contributed by atoms with Crippen LogP contribution in [-0.2, 0) is 9.53 Å². The van der Waals surface area contributed by atoms with Crippen molar-refractivity contribution < 1.29 is 9.53 Å². The molecule has 4 heteroatoms. The standard InChI is InChI=1S/C10H20N2O2/c1-4-9-7-12(6-5-11(9)2)10(13)8-14-3/h9H,4-8H2,1-3H3. The third-order valence-corrected chi connectivity index (χ3v) is 2.87. The first-order valence-electron chi connectivity index (χ1n) is 5.16. The van der Waals surface area contributed by atoms with Crippen LogP contribution >= 0.6 is 0 Å². The topological polar surface area (TPSA) is 32.8 Å². The number of hydrogen-bond acceptors (Lipinski definition) is 3. The van der Waals surface area contributed by atoms with Crippen LogP contribution in [0.4, 0.5) is 0 Å². The van der Waals surface area contributed by atoms with Crippen molar-refractivity contribution in [1.29, 1.82) is 0 Å². The van der Waals surface area contributed by atoms with Gasteiger partial charge in [0.15, 0.2) is 0 Å². The van der Waals surface area contributed by atoms with Gasteiger partial charge in [0.05, 0.1) is 0 Å². The highest BCUT2D eigenvalue weighted by Crippen LogP contribution is 2.10. The molecule has 1 fully saturated rings. The molecular weight excluding hydrogens is 180 g/mol. The second kappa shape index (κ2) is 5.32. The van der Waals surface area contributed by atoms with Gasteiger partial charge in [-0.1, -0.05) is 6.92 Å². The smallest absolute Gasteiger partial charge is 0.248 e. The Labute approximate surface area is 85.8 Å². The van der Waals surface area contributed by atoms with Crippen LogP contribution in [0.3, 0.4) is 0 Å². The highest BCUT2D eigenvalue weighted by molar-refractivity contribution is 5.77. The highest BCUT2D eigenvalue weighted by Gasteiger charge is 2.25. The predicted octanol–water partition coefficient (Wildman–Crippen LogP) is 0.185. The SMILES string of the molecule is CCC1CN(C(=O)COC)CCN1C. The van der Waals surface area contributed by atoms with E-state index in [2.05, 4.69) is 18.9 Å². The molecule has 0 spiro atoms. The fraction of sp³-hybridized carbons (Fsp3) is 0.900.